The first kappa shape index (κ1) is 22.2. The summed E-state index contributed by atoms with van der Waals surface area (Å²) in [5.41, 5.74) is 3.81. The van der Waals surface area contributed by atoms with Crippen molar-refractivity contribution in [1.82, 2.24) is 9.47 Å². The molecule has 2 aromatic carbocycles. The Balaban J connectivity index is 1.34. The van der Waals surface area contributed by atoms with Gasteiger partial charge in [-0.2, -0.15) is 0 Å². The van der Waals surface area contributed by atoms with Crippen molar-refractivity contribution in [1.29, 1.82) is 0 Å². The summed E-state index contributed by atoms with van der Waals surface area (Å²) in [6, 6.07) is 17.2. The topological polar surface area (TPSA) is 70.0 Å². The lowest BCUT2D eigenvalue weighted by molar-refractivity contribution is -0.123. The van der Waals surface area contributed by atoms with Gasteiger partial charge in [0.2, 0.25) is 0 Å². The summed E-state index contributed by atoms with van der Waals surface area (Å²) in [4.78, 5) is 27.0. The number of benzene rings is 2. The van der Waals surface area contributed by atoms with E-state index in [0.717, 1.165) is 45.9 Å². The van der Waals surface area contributed by atoms with E-state index in [-0.39, 0.29) is 24.3 Å². The molecule has 0 N–H and O–H groups in total. The Morgan fingerprint density at radius 1 is 1.00 bits per heavy atom. The third-order valence-corrected chi connectivity index (χ3v) is 6.65. The van der Waals surface area contributed by atoms with Crippen LogP contribution in [0.4, 0.5) is 4.79 Å². The van der Waals surface area contributed by atoms with E-state index in [1.165, 1.54) is 4.90 Å². The largest absolute Gasteiger partial charge is 0.492 e. The summed E-state index contributed by atoms with van der Waals surface area (Å²) in [5, 5.41) is -0.284. The number of aryl methyl sites for hydroxylation is 1. The molecule has 0 spiro atoms. The zero-order valence-electron chi connectivity index (χ0n) is 18.9. The molecule has 34 heavy (non-hydrogen) atoms. The van der Waals surface area contributed by atoms with Crippen LogP contribution < -0.4 is 14.2 Å². The van der Waals surface area contributed by atoms with Crippen LogP contribution in [0.25, 0.3) is 11.8 Å². The van der Waals surface area contributed by atoms with Crippen molar-refractivity contribution >= 4 is 29.0 Å². The Kier molecular flexibility index (Phi) is 6.06. The first-order valence-corrected chi connectivity index (χ1v) is 11.8. The third kappa shape index (κ3) is 4.28. The molecule has 1 fully saturated rings. The van der Waals surface area contributed by atoms with Gasteiger partial charge in [-0.3, -0.25) is 14.5 Å². The summed E-state index contributed by atoms with van der Waals surface area (Å²) in [5.74, 6) is 1.87. The van der Waals surface area contributed by atoms with Gasteiger partial charge < -0.3 is 18.8 Å². The Morgan fingerprint density at radius 3 is 2.56 bits per heavy atom. The van der Waals surface area contributed by atoms with Gasteiger partial charge in [0.15, 0.2) is 11.5 Å². The highest BCUT2D eigenvalue weighted by atomic mass is 32.2. The Hall–Kier alpha value is -3.65. The van der Waals surface area contributed by atoms with Gasteiger partial charge in [0, 0.05) is 23.1 Å². The smallest absolute Gasteiger partial charge is 0.293 e. The lowest BCUT2D eigenvalue weighted by atomic mass is 10.2. The highest BCUT2D eigenvalue weighted by molar-refractivity contribution is 8.18. The Labute approximate surface area is 201 Å². The van der Waals surface area contributed by atoms with E-state index in [4.69, 9.17) is 14.2 Å². The van der Waals surface area contributed by atoms with Crippen LogP contribution in [0.15, 0.2) is 59.5 Å². The fraction of sp³-hybridized carbons (Fsp3) is 0.231. The van der Waals surface area contributed by atoms with Crippen molar-refractivity contribution in [2.24, 2.45) is 0 Å². The van der Waals surface area contributed by atoms with E-state index < -0.39 is 0 Å². The van der Waals surface area contributed by atoms with Crippen LogP contribution >= 0.6 is 11.8 Å². The molecule has 0 radical (unpaired) electrons. The van der Waals surface area contributed by atoms with Gasteiger partial charge in [-0.25, -0.2) is 0 Å². The second-order valence-corrected chi connectivity index (χ2v) is 8.98. The fourth-order valence-corrected chi connectivity index (χ4v) is 4.96. The Morgan fingerprint density at radius 2 is 1.76 bits per heavy atom. The molecule has 8 heteroatoms. The zero-order chi connectivity index (χ0) is 23.7. The molecule has 5 rings (SSSR count). The second-order valence-electron chi connectivity index (χ2n) is 7.98. The van der Waals surface area contributed by atoms with Gasteiger partial charge in [0.1, 0.15) is 25.6 Å². The number of carbonyl (C=O) groups excluding carboxylic acids is 2. The maximum Gasteiger partial charge on any atom is 0.293 e. The van der Waals surface area contributed by atoms with Crippen molar-refractivity contribution in [3.63, 3.8) is 0 Å². The van der Waals surface area contributed by atoms with Crippen LogP contribution in [0.5, 0.6) is 17.2 Å². The minimum atomic E-state index is -0.296. The molecule has 1 aromatic heterocycles. The number of para-hydroxylation sites is 1. The van der Waals surface area contributed by atoms with Crippen molar-refractivity contribution in [3.8, 4) is 22.9 Å². The quantitative estimate of drug-likeness (QED) is 0.468. The van der Waals surface area contributed by atoms with Gasteiger partial charge in [0.25, 0.3) is 11.1 Å². The standard InChI is InChI=1S/C26H24N2O5S/c1-17-14-19(18(2)28(17)20-8-9-22-23(16-20)33-13-12-32-22)15-24-25(29)27(26(30)34-24)10-11-31-21-6-4-3-5-7-21/h3-9,14-16H,10-13H2,1-2H3/b24-15-. The molecule has 7 nitrogen and oxygen atoms in total. The molecule has 0 aliphatic carbocycles. The maximum atomic E-state index is 12.9. The van der Waals surface area contributed by atoms with E-state index in [2.05, 4.69) is 4.57 Å². The monoisotopic (exact) mass is 476 g/mol. The molecule has 1 saturated heterocycles. The van der Waals surface area contributed by atoms with Crippen LogP contribution in [-0.4, -0.2) is 47.0 Å². The van der Waals surface area contributed by atoms with Gasteiger partial charge in [-0.15, -0.1) is 0 Å². The number of imide groups is 1. The molecular weight excluding hydrogens is 452 g/mol. The molecule has 2 aliphatic heterocycles. The maximum absolute atomic E-state index is 12.9. The number of amides is 2. The number of fused-ring (bicyclic) bond motifs is 1. The molecule has 2 amide bonds. The molecule has 3 heterocycles. The number of rotatable bonds is 6. The van der Waals surface area contributed by atoms with Crippen LogP contribution in [0, 0.1) is 13.8 Å². The van der Waals surface area contributed by atoms with Gasteiger partial charge in [0.05, 0.1) is 11.4 Å². The van der Waals surface area contributed by atoms with Gasteiger partial charge in [-0.1, -0.05) is 18.2 Å². The molecule has 3 aromatic rings. The first-order chi connectivity index (χ1) is 16.5. The lowest BCUT2D eigenvalue weighted by Gasteiger charge is -2.20. The number of carbonyl (C=O) groups is 2. The van der Waals surface area contributed by atoms with E-state index in [0.29, 0.717) is 23.9 Å². The van der Waals surface area contributed by atoms with Crippen molar-refractivity contribution in [3.05, 3.63) is 76.5 Å². The summed E-state index contributed by atoms with van der Waals surface area (Å²) in [6.07, 6.45) is 1.79. The molecule has 174 valence electrons. The Bertz CT molecular complexity index is 1280. The first-order valence-electron chi connectivity index (χ1n) is 11.0. The molecule has 2 aliphatic rings. The number of thioether (sulfide) groups is 1. The summed E-state index contributed by atoms with van der Waals surface area (Å²) < 4.78 is 19.1. The molecule has 0 saturated carbocycles. The number of aromatic nitrogens is 1. The summed E-state index contributed by atoms with van der Waals surface area (Å²) in [7, 11) is 0. The molecule has 0 atom stereocenters. The average Bonchev–Trinajstić information content (AvgIpc) is 3.28. The predicted molar refractivity (Wildman–Crippen MR) is 131 cm³/mol. The van der Waals surface area contributed by atoms with E-state index in [1.54, 1.807) is 6.08 Å². The van der Waals surface area contributed by atoms with Crippen LogP contribution in [0.2, 0.25) is 0 Å². The van der Waals surface area contributed by atoms with Crippen molar-refractivity contribution in [2.75, 3.05) is 26.4 Å². The fourth-order valence-electron chi connectivity index (χ4n) is 4.11. The second kappa shape index (κ2) is 9.30. The highest BCUT2D eigenvalue weighted by Gasteiger charge is 2.35. The van der Waals surface area contributed by atoms with E-state index in [9.17, 15) is 9.59 Å². The SMILES string of the molecule is Cc1cc(/C=C2\SC(=O)N(CCOc3ccccc3)C2=O)c(C)n1-c1ccc2c(c1)OCCO2. The minimum absolute atomic E-state index is 0.202. The predicted octanol–water partition coefficient (Wildman–Crippen LogP) is 4.98. The normalized spacial score (nSPS) is 16.4. The van der Waals surface area contributed by atoms with Crippen molar-refractivity contribution < 1.29 is 23.8 Å². The number of hydrogen-bond acceptors (Lipinski definition) is 6. The zero-order valence-corrected chi connectivity index (χ0v) is 19.8. The van der Waals surface area contributed by atoms with Crippen LogP contribution in [0.3, 0.4) is 0 Å². The molecule has 0 unspecified atom stereocenters. The van der Waals surface area contributed by atoms with Crippen LogP contribution in [0.1, 0.15) is 17.0 Å². The van der Waals surface area contributed by atoms with Crippen molar-refractivity contribution in [2.45, 2.75) is 13.8 Å². The number of hydrogen-bond donors (Lipinski definition) is 0. The summed E-state index contributed by atoms with van der Waals surface area (Å²) >= 11 is 0.958. The van der Waals surface area contributed by atoms with E-state index in [1.807, 2.05) is 68.4 Å². The van der Waals surface area contributed by atoms with Gasteiger partial charge >= 0.3 is 0 Å². The molecule has 0 bridgehead atoms. The third-order valence-electron chi connectivity index (χ3n) is 5.74. The lowest BCUT2D eigenvalue weighted by Crippen LogP contribution is -2.32. The summed E-state index contributed by atoms with van der Waals surface area (Å²) in [6.45, 7) is 5.52. The highest BCUT2D eigenvalue weighted by Crippen LogP contribution is 2.36. The number of nitrogens with zero attached hydrogens (tertiary/aromatic N) is 2. The number of ether oxygens (including phenoxy) is 3. The van der Waals surface area contributed by atoms with Gasteiger partial charge in [-0.05, 0) is 67.6 Å². The van der Waals surface area contributed by atoms with Crippen LogP contribution in [-0.2, 0) is 4.79 Å². The molecular formula is C26H24N2O5S. The minimum Gasteiger partial charge on any atom is -0.492 e. The average molecular weight is 477 g/mol. The van der Waals surface area contributed by atoms with E-state index >= 15 is 0 Å².